The van der Waals surface area contributed by atoms with E-state index in [-0.39, 0.29) is 5.82 Å². The molecule has 0 atom stereocenters. The van der Waals surface area contributed by atoms with E-state index in [1.54, 1.807) is 12.3 Å². The number of hydrogen-bond donors (Lipinski definition) is 0. The van der Waals surface area contributed by atoms with Crippen LogP contribution in [0.25, 0.3) is 6.08 Å². The lowest BCUT2D eigenvalue weighted by Gasteiger charge is -2.33. The topological polar surface area (TPSA) is 19.4 Å². The van der Waals surface area contributed by atoms with Gasteiger partial charge >= 0.3 is 0 Å². The first-order chi connectivity index (χ1) is 11.3. The Balaban J connectivity index is 1.44. The normalized spacial score (nSPS) is 16.9. The number of pyridine rings is 1. The second-order valence-corrected chi connectivity index (χ2v) is 5.82. The predicted molar refractivity (Wildman–Crippen MR) is 91.4 cm³/mol. The van der Waals surface area contributed by atoms with E-state index in [1.165, 1.54) is 11.6 Å². The third-order valence-corrected chi connectivity index (χ3v) is 4.15. The maximum atomic E-state index is 13.6. The highest BCUT2D eigenvalue weighted by atomic mass is 19.1. The van der Waals surface area contributed by atoms with Crippen molar-refractivity contribution in [1.82, 2.24) is 14.8 Å². The Morgan fingerprint density at radius 2 is 1.70 bits per heavy atom. The molecule has 4 heteroatoms. The summed E-state index contributed by atoms with van der Waals surface area (Å²) < 4.78 is 13.6. The van der Waals surface area contributed by atoms with Crippen molar-refractivity contribution in [1.29, 1.82) is 0 Å². The Morgan fingerprint density at radius 3 is 2.43 bits per heavy atom. The van der Waals surface area contributed by atoms with Crippen LogP contribution in [0.5, 0.6) is 0 Å². The van der Waals surface area contributed by atoms with E-state index >= 15 is 0 Å². The molecule has 0 N–H and O–H groups in total. The molecule has 1 aliphatic rings. The van der Waals surface area contributed by atoms with E-state index < -0.39 is 0 Å². The van der Waals surface area contributed by atoms with Crippen molar-refractivity contribution in [2.75, 3.05) is 32.7 Å². The van der Waals surface area contributed by atoms with Crippen molar-refractivity contribution in [2.24, 2.45) is 0 Å². The minimum atomic E-state index is -0.208. The fourth-order valence-corrected chi connectivity index (χ4v) is 2.78. The number of nitrogens with zero attached hydrogens (tertiary/aromatic N) is 3. The Morgan fingerprint density at radius 1 is 0.957 bits per heavy atom. The number of hydrogen-bond acceptors (Lipinski definition) is 3. The Labute approximate surface area is 137 Å². The predicted octanol–water partition coefficient (Wildman–Crippen LogP) is 3.05. The van der Waals surface area contributed by atoms with Crippen LogP contribution in [0, 0.1) is 5.82 Å². The Kier molecular flexibility index (Phi) is 5.51. The van der Waals surface area contributed by atoms with Crippen LogP contribution in [0.3, 0.4) is 0 Å². The minimum Gasteiger partial charge on any atom is -0.297 e. The summed E-state index contributed by atoms with van der Waals surface area (Å²) in [4.78, 5) is 8.82. The smallest absolute Gasteiger partial charge is 0.146 e. The van der Waals surface area contributed by atoms with Gasteiger partial charge in [-0.05, 0) is 17.7 Å². The molecule has 1 fully saturated rings. The molecule has 1 aliphatic heterocycles. The summed E-state index contributed by atoms with van der Waals surface area (Å²) in [6, 6.07) is 13.5. The van der Waals surface area contributed by atoms with Gasteiger partial charge in [-0.25, -0.2) is 4.39 Å². The lowest BCUT2D eigenvalue weighted by atomic mass is 10.2. The standard InChI is InChI=1S/C19H22FN3/c20-18-9-4-10-21-19(18)16-23-14-12-22(13-15-23)11-5-8-17-6-2-1-3-7-17/h1-10H,11-16H2. The van der Waals surface area contributed by atoms with Gasteiger partial charge in [0.05, 0.1) is 5.69 Å². The van der Waals surface area contributed by atoms with E-state index in [9.17, 15) is 4.39 Å². The molecule has 1 aromatic carbocycles. The van der Waals surface area contributed by atoms with E-state index in [2.05, 4.69) is 51.2 Å². The number of aromatic nitrogens is 1. The van der Waals surface area contributed by atoms with Gasteiger partial charge in [0.2, 0.25) is 0 Å². The van der Waals surface area contributed by atoms with Crippen molar-refractivity contribution in [3.05, 3.63) is 71.8 Å². The second-order valence-electron chi connectivity index (χ2n) is 5.82. The fourth-order valence-electron chi connectivity index (χ4n) is 2.78. The second kappa shape index (κ2) is 7.99. The molecule has 3 rings (SSSR count). The number of halogens is 1. The molecule has 1 aromatic heterocycles. The van der Waals surface area contributed by atoms with Gasteiger partial charge in [0, 0.05) is 45.5 Å². The number of piperazine rings is 1. The first-order valence-corrected chi connectivity index (χ1v) is 8.07. The summed E-state index contributed by atoms with van der Waals surface area (Å²) in [5.41, 5.74) is 1.78. The van der Waals surface area contributed by atoms with Crippen LogP contribution >= 0.6 is 0 Å². The molecule has 0 bridgehead atoms. The maximum absolute atomic E-state index is 13.6. The van der Waals surface area contributed by atoms with Crippen LogP contribution in [0.2, 0.25) is 0 Å². The molecular formula is C19H22FN3. The van der Waals surface area contributed by atoms with Crippen LogP contribution in [-0.2, 0) is 6.54 Å². The molecule has 2 aromatic rings. The van der Waals surface area contributed by atoms with Crippen molar-refractivity contribution >= 4 is 6.08 Å². The van der Waals surface area contributed by atoms with Crippen LogP contribution < -0.4 is 0 Å². The molecule has 3 nitrogen and oxygen atoms in total. The zero-order valence-electron chi connectivity index (χ0n) is 13.2. The summed E-state index contributed by atoms with van der Waals surface area (Å²) in [7, 11) is 0. The molecule has 0 spiro atoms. The maximum Gasteiger partial charge on any atom is 0.146 e. The van der Waals surface area contributed by atoms with Gasteiger partial charge in [-0.3, -0.25) is 14.8 Å². The first-order valence-electron chi connectivity index (χ1n) is 8.07. The lowest BCUT2D eigenvalue weighted by molar-refractivity contribution is 0.134. The molecule has 0 radical (unpaired) electrons. The Hall–Kier alpha value is -2.04. The molecule has 0 saturated carbocycles. The van der Waals surface area contributed by atoms with Crippen molar-refractivity contribution in [3.8, 4) is 0 Å². The summed E-state index contributed by atoms with van der Waals surface area (Å²) >= 11 is 0. The summed E-state index contributed by atoms with van der Waals surface area (Å²) in [5.74, 6) is -0.208. The van der Waals surface area contributed by atoms with Gasteiger partial charge in [-0.2, -0.15) is 0 Å². The van der Waals surface area contributed by atoms with E-state index in [0.29, 0.717) is 12.2 Å². The van der Waals surface area contributed by atoms with E-state index in [1.807, 2.05) is 6.07 Å². The highest BCUT2D eigenvalue weighted by Crippen LogP contribution is 2.10. The largest absolute Gasteiger partial charge is 0.297 e. The summed E-state index contributed by atoms with van der Waals surface area (Å²) in [6.45, 7) is 5.48. The monoisotopic (exact) mass is 311 g/mol. The van der Waals surface area contributed by atoms with Crippen LogP contribution in [0.4, 0.5) is 4.39 Å². The van der Waals surface area contributed by atoms with E-state index in [0.717, 1.165) is 32.7 Å². The molecule has 0 amide bonds. The van der Waals surface area contributed by atoms with Crippen LogP contribution in [0.1, 0.15) is 11.3 Å². The SMILES string of the molecule is Fc1cccnc1CN1CCN(CC=Cc2ccccc2)CC1. The third kappa shape index (κ3) is 4.71. The number of rotatable bonds is 5. The first kappa shape index (κ1) is 15.8. The van der Waals surface area contributed by atoms with Crippen LogP contribution in [0.15, 0.2) is 54.7 Å². The van der Waals surface area contributed by atoms with E-state index in [4.69, 9.17) is 0 Å². The highest BCUT2D eigenvalue weighted by molar-refractivity contribution is 5.48. The average Bonchev–Trinajstić information content (AvgIpc) is 2.59. The van der Waals surface area contributed by atoms with Crippen molar-refractivity contribution in [2.45, 2.75) is 6.54 Å². The molecular weight excluding hydrogens is 289 g/mol. The van der Waals surface area contributed by atoms with Gasteiger partial charge in [0.15, 0.2) is 0 Å². The van der Waals surface area contributed by atoms with Gasteiger partial charge < -0.3 is 0 Å². The zero-order chi connectivity index (χ0) is 15.9. The summed E-state index contributed by atoms with van der Waals surface area (Å²) in [5, 5.41) is 0. The highest BCUT2D eigenvalue weighted by Gasteiger charge is 2.17. The van der Waals surface area contributed by atoms with Crippen molar-refractivity contribution < 1.29 is 4.39 Å². The van der Waals surface area contributed by atoms with Crippen LogP contribution in [-0.4, -0.2) is 47.5 Å². The molecule has 120 valence electrons. The minimum absolute atomic E-state index is 0.208. The van der Waals surface area contributed by atoms with Crippen molar-refractivity contribution in [3.63, 3.8) is 0 Å². The molecule has 0 aliphatic carbocycles. The summed E-state index contributed by atoms with van der Waals surface area (Å²) in [6.07, 6.45) is 6.03. The van der Waals surface area contributed by atoms with Gasteiger partial charge in [0.1, 0.15) is 5.82 Å². The Bertz CT molecular complexity index is 634. The molecule has 2 heterocycles. The van der Waals surface area contributed by atoms with Gasteiger partial charge in [0.25, 0.3) is 0 Å². The van der Waals surface area contributed by atoms with Gasteiger partial charge in [-0.15, -0.1) is 0 Å². The van der Waals surface area contributed by atoms with Gasteiger partial charge in [-0.1, -0.05) is 42.5 Å². The zero-order valence-corrected chi connectivity index (χ0v) is 13.2. The average molecular weight is 311 g/mol. The third-order valence-electron chi connectivity index (χ3n) is 4.15. The number of benzene rings is 1. The fraction of sp³-hybridized carbons (Fsp3) is 0.316. The molecule has 23 heavy (non-hydrogen) atoms. The quantitative estimate of drug-likeness (QED) is 0.846. The molecule has 1 saturated heterocycles. The molecule has 0 unspecified atom stereocenters. The lowest BCUT2D eigenvalue weighted by Crippen LogP contribution is -2.45.